The number of nitrogens with two attached hydrogens (primary N) is 1. The molecule has 2 aliphatic rings. The number of piperidine rings is 1. The third-order valence-electron chi connectivity index (χ3n) is 4.68. The molecule has 18 heavy (non-hydrogen) atoms. The van der Waals surface area contributed by atoms with E-state index < -0.39 is 5.60 Å². The van der Waals surface area contributed by atoms with Gasteiger partial charge in [0.15, 0.2) is 0 Å². The van der Waals surface area contributed by atoms with Crippen LogP contribution in [-0.2, 0) is 4.74 Å². The highest BCUT2D eigenvalue weighted by atomic mass is 16.5. The van der Waals surface area contributed by atoms with Gasteiger partial charge in [-0.05, 0) is 25.7 Å². The molecular weight excluding hydrogens is 228 g/mol. The van der Waals surface area contributed by atoms with Crippen molar-refractivity contribution in [3.8, 4) is 0 Å². The van der Waals surface area contributed by atoms with E-state index in [1.165, 1.54) is 19.3 Å². The summed E-state index contributed by atoms with van der Waals surface area (Å²) in [4.78, 5) is 2.39. The lowest BCUT2D eigenvalue weighted by Gasteiger charge is -2.44. The Morgan fingerprint density at radius 2 is 2.06 bits per heavy atom. The van der Waals surface area contributed by atoms with E-state index in [4.69, 9.17) is 10.5 Å². The first-order valence-corrected chi connectivity index (χ1v) is 7.36. The number of aliphatic hydroxyl groups is 1. The lowest BCUT2D eigenvalue weighted by atomic mass is 9.83. The fourth-order valence-corrected chi connectivity index (χ4v) is 3.48. The van der Waals surface area contributed by atoms with Gasteiger partial charge in [0.1, 0.15) is 0 Å². The second-order valence-electron chi connectivity index (χ2n) is 6.03. The summed E-state index contributed by atoms with van der Waals surface area (Å²) in [5.41, 5.74) is 5.41. The zero-order valence-electron chi connectivity index (χ0n) is 11.6. The highest BCUT2D eigenvalue weighted by Gasteiger charge is 2.35. The Kier molecular flexibility index (Phi) is 5.01. The van der Waals surface area contributed by atoms with Gasteiger partial charge in [0, 0.05) is 32.8 Å². The van der Waals surface area contributed by atoms with Crippen molar-refractivity contribution < 1.29 is 9.84 Å². The first-order valence-electron chi connectivity index (χ1n) is 7.36. The molecule has 2 rings (SSSR count). The van der Waals surface area contributed by atoms with E-state index in [2.05, 4.69) is 4.90 Å². The van der Waals surface area contributed by atoms with Crippen molar-refractivity contribution in [1.29, 1.82) is 0 Å². The lowest BCUT2D eigenvalue weighted by molar-refractivity contribution is -0.0589. The molecule has 0 aromatic heterocycles. The molecule has 0 aromatic rings. The van der Waals surface area contributed by atoms with Crippen molar-refractivity contribution in [2.24, 2.45) is 5.73 Å². The van der Waals surface area contributed by atoms with Gasteiger partial charge in [-0.2, -0.15) is 0 Å². The molecule has 4 heteroatoms. The molecule has 1 aliphatic heterocycles. The summed E-state index contributed by atoms with van der Waals surface area (Å²) in [7, 11) is 1.78. The summed E-state index contributed by atoms with van der Waals surface area (Å²) in [6.45, 7) is 2.46. The van der Waals surface area contributed by atoms with Crippen LogP contribution in [0.2, 0.25) is 0 Å². The molecule has 0 bridgehead atoms. The third-order valence-corrected chi connectivity index (χ3v) is 4.68. The van der Waals surface area contributed by atoms with E-state index in [1.54, 1.807) is 7.11 Å². The van der Waals surface area contributed by atoms with Crippen LogP contribution >= 0.6 is 0 Å². The maximum atomic E-state index is 10.6. The number of ether oxygens (including phenoxy) is 1. The van der Waals surface area contributed by atoms with Crippen molar-refractivity contribution in [3.63, 3.8) is 0 Å². The number of hydrogen-bond donors (Lipinski definition) is 2. The fraction of sp³-hybridized carbons (Fsp3) is 1.00. The van der Waals surface area contributed by atoms with E-state index in [-0.39, 0.29) is 0 Å². The monoisotopic (exact) mass is 256 g/mol. The topological polar surface area (TPSA) is 58.7 Å². The highest BCUT2D eigenvalue weighted by Crippen LogP contribution is 2.31. The molecule has 1 saturated carbocycles. The van der Waals surface area contributed by atoms with Crippen molar-refractivity contribution in [2.45, 2.75) is 62.7 Å². The summed E-state index contributed by atoms with van der Waals surface area (Å²) < 4.78 is 5.44. The molecule has 106 valence electrons. The van der Waals surface area contributed by atoms with Crippen molar-refractivity contribution >= 4 is 0 Å². The molecule has 0 radical (unpaired) electrons. The third kappa shape index (κ3) is 3.44. The van der Waals surface area contributed by atoms with Crippen molar-refractivity contribution in [1.82, 2.24) is 4.90 Å². The lowest BCUT2D eigenvalue weighted by Crippen LogP contribution is -2.54. The number of nitrogens with zero attached hydrogens (tertiary/aromatic N) is 1. The largest absolute Gasteiger partial charge is 0.389 e. The minimum absolute atomic E-state index is 0.343. The summed E-state index contributed by atoms with van der Waals surface area (Å²) in [5, 5.41) is 10.6. The van der Waals surface area contributed by atoms with Gasteiger partial charge in [-0.25, -0.2) is 0 Å². The van der Waals surface area contributed by atoms with Crippen LogP contribution < -0.4 is 5.73 Å². The number of hydrogen-bond acceptors (Lipinski definition) is 4. The van der Waals surface area contributed by atoms with Crippen molar-refractivity contribution in [2.75, 3.05) is 26.7 Å². The van der Waals surface area contributed by atoms with Crippen LogP contribution in [0.3, 0.4) is 0 Å². The minimum Gasteiger partial charge on any atom is -0.389 e. The smallest absolute Gasteiger partial charge is 0.0774 e. The van der Waals surface area contributed by atoms with E-state index in [9.17, 15) is 5.11 Å². The molecule has 1 saturated heterocycles. The van der Waals surface area contributed by atoms with Crippen LogP contribution in [0.15, 0.2) is 0 Å². The highest BCUT2D eigenvalue weighted by molar-refractivity contribution is 4.91. The van der Waals surface area contributed by atoms with Gasteiger partial charge in [0.25, 0.3) is 0 Å². The SMILES string of the molecule is COC1CCN(CC2(O)CCCCC2)C(CN)C1. The Balaban J connectivity index is 1.91. The van der Waals surface area contributed by atoms with Crippen molar-refractivity contribution in [3.05, 3.63) is 0 Å². The maximum absolute atomic E-state index is 10.6. The standard InChI is InChI=1S/C14H28N2O2/c1-18-13-5-8-16(12(9-13)10-15)11-14(17)6-3-2-4-7-14/h12-13,17H,2-11,15H2,1H3. The quantitative estimate of drug-likeness (QED) is 0.791. The minimum atomic E-state index is -0.467. The molecule has 4 nitrogen and oxygen atoms in total. The molecule has 2 fully saturated rings. The molecule has 0 spiro atoms. The first kappa shape index (κ1) is 14.3. The Morgan fingerprint density at radius 3 is 2.67 bits per heavy atom. The fourth-order valence-electron chi connectivity index (χ4n) is 3.48. The number of likely N-dealkylation sites (tertiary alicyclic amines) is 1. The van der Waals surface area contributed by atoms with E-state index in [1.807, 2.05) is 0 Å². The molecule has 2 unspecified atom stereocenters. The molecule has 0 amide bonds. The number of methoxy groups -OCH3 is 1. The molecule has 2 atom stereocenters. The Bertz CT molecular complexity index is 254. The molecule has 3 N–H and O–H groups in total. The van der Waals surface area contributed by atoms with Crippen LogP contribution in [0.4, 0.5) is 0 Å². The van der Waals surface area contributed by atoms with Gasteiger partial charge in [0.2, 0.25) is 0 Å². The number of rotatable bonds is 4. The Hall–Kier alpha value is -0.160. The second kappa shape index (κ2) is 6.33. The van der Waals surface area contributed by atoms with Gasteiger partial charge >= 0.3 is 0 Å². The zero-order valence-corrected chi connectivity index (χ0v) is 11.6. The molecule has 0 aromatic carbocycles. The summed E-state index contributed by atoms with van der Waals surface area (Å²) in [6, 6.07) is 0.370. The van der Waals surface area contributed by atoms with Crippen LogP contribution in [0.5, 0.6) is 0 Å². The predicted molar refractivity (Wildman–Crippen MR) is 72.5 cm³/mol. The van der Waals surface area contributed by atoms with Gasteiger partial charge in [0.05, 0.1) is 11.7 Å². The average molecular weight is 256 g/mol. The second-order valence-corrected chi connectivity index (χ2v) is 6.03. The zero-order chi connectivity index (χ0) is 13.0. The Morgan fingerprint density at radius 1 is 1.33 bits per heavy atom. The normalized spacial score (nSPS) is 33.5. The molecule has 1 aliphatic carbocycles. The van der Waals surface area contributed by atoms with Gasteiger partial charge < -0.3 is 15.6 Å². The first-order chi connectivity index (χ1) is 8.67. The van der Waals surface area contributed by atoms with Crippen LogP contribution in [-0.4, -0.2) is 54.5 Å². The van der Waals surface area contributed by atoms with Crippen LogP contribution in [0.25, 0.3) is 0 Å². The summed E-state index contributed by atoms with van der Waals surface area (Å²) in [6.07, 6.45) is 7.91. The van der Waals surface area contributed by atoms with Gasteiger partial charge in [-0.1, -0.05) is 19.3 Å². The number of β-amino-alcohol motifs (C(OH)–C–C–N with tert-alkyl or cyclic N) is 1. The Labute approximate surface area is 110 Å². The van der Waals surface area contributed by atoms with Gasteiger partial charge in [-0.15, -0.1) is 0 Å². The van der Waals surface area contributed by atoms with E-state index in [0.717, 1.165) is 38.8 Å². The van der Waals surface area contributed by atoms with E-state index >= 15 is 0 Å². The van der Waals surface area contributed by atoms with Gasteiger partial charge in [-0.3, -0.25) is 4.90 Å². The van der Waals surface area contributed by atoms with Crippen LogP contribution in [0, 0.1) is 0 Å². The summed E-state index contributed by atoms with van der Waals surface area (Å²) >= 11 is 0. The molecule has 1 heterocycles. The summed E-state index contributed by atoms with van der Waals surface area (Å²) in [5.74, 6) is 0. The average Bonchev–Trinajstić information content (AvgIpc) is 2.39. The predicted octanol–water partition coefficient (Wildman–Crippen LogP) is 1.12. The van der Waals surface area contributed by atoms with Crippen LogP contribution in [0.1, 0.15) is 44.9 Å². The maximum Gasteiger partial charge on any atom is 0.0774 e. The molecular formula is C14H28N2O2. The van der Waals surface area contributed by atoms with E-state index in [0.29, 0.717) is 18.7 Å².